The molecule has 0 unspecified atom stereocenters. The van der Waals surface area contributed by atoms with Gasteiger partial charge >= 0.3 is 0 Å². The highest BCUT2D eigenvalue weighted by molar-refractivity contribution is 6.35. The molecule has 1 N–H and O–H groups in total. The van der Waals surface area contributed by atoms with Crippen molar-refractivity contribution in [3.63, 3.8) is 0 Å². The first kappa shape index (κ1) is 21.5. The van der Waals surface area contributed by atoms with Crippen molar-refractivity contribution >= 4 is 23.2 Å². The summed E-state index contributed by atoms with van der Waals surface area (Å²) in [4.78, 5) is 1.66. The fourth-order valence-corrected chi connectivity index (χ4v) is 3.75. The Hall–Kier alpha value is -2.73. The van der Waals surface area contributed by atoms with Crippen molar-refractivity contribution in [1.29, 1.82) is 0 Å². The van der Waals surface area contributed by atoms with E-state index < -0.39 is 0 Å². The van der Waals surface area contributed by atoms with Crippen molar-refractivity contribution < 1.29 is 4.39 Å². The summed E-state index contributed by atoms with van der Waals surface area (Å²) in [5.74, 6) is -0.221. The largest absolute Gasteiger partial charge is 0.311 e. The second-order valence-corrected chi connectivity index (χ2v) is 8.02. The van der Waals surface area contributed by atoms with E-state index >= 15 is 0 Å². The molecule has 3 aromatic carbocycles. The Morgan fingerprint density at radius 3 is 2.42 bits per heavy atom. The molecule has 0 spiro atoms. The van der Waals surface area contributed by atoms with E-state index in [0.29, 0.717) is 23.1 Å². The first-order valence-electron chi connectivity index (χ1n) is 9.97. The van der Waals surface area contributed by atoms with Crippen LogP contribution >= 0.6 is 23.2 Å². The predicted molar refractivity (Wildman–Crippen MR) is 123 cm³/mol. The van der Waals surface area contributed by atoms with Gasteiger partial charge in [-0.05, 0) is 48.4 Å². The third-order valence-electron chi connectivity index (χ3n) is 4.90. The molecule has 4 nitrogen and oxygen atoms in total. The molecular formula is C24H21Cl2FN4. The lowest BCUT2D eigenvalue weighted by atomic mass is 10.1. The standard InChI is InChI=1S/C24H21Cl2FN4/c25-20-9-8-19(22(26)14-20)16-31-29-23(24(30-31)18-4-2-1-3-5-18)15-28-13-12-17-6-10-21(27)11-7-17/h1-11,14,28H,12-13,15-16H2. The lowest BCUT2D eigenvalue weighted by Gasteiger charge is -2.05. The molecule has 0 saturated carbocycles. The van der Waals surface area contributed by atoms with E-state index in [1.807, 2.05) is 42.5 Å². The molecule has 4 rings (SSSR count). The molecule has 0 radical (unpaired) electrons. The Balaban J connectivity index is 1.49. The molecule has 31 heavy (non-hydrogen) atoms. The number of benzene rings is 3. The van der Waals surface area contributed by atoms with Crippen LogP contribution in [0, 0.1) is 5.82 Å². The summed E-state index contributed by atoms with van der Waals surface area (Å²) in [6.07, 6.45) is 0.801. The summed E-state index contributed by atoms with van der Waals surface area (Å²) in [7, 11) is 0. The van der Waals surface area contributed by atoms with Gasteiger partial charge in [0.05, 0.1) is 6.54 Å². The van der Waals surface area contributed by atoms with Gasteiger partial charge in [-0.1, -0.05) is 71.7 Å². The van der Waals surface area contributed by atoms with Crippen LogP contribution in [0.15, 0.2) is 72.8 Å². The van der Waals surface area contributed by atoms with Gasteiger partial charge in [-0.15, -0.1) is 0 Å². The van der Waals surface area contributed by atoms with Gasteiger partial charge in [0.2, 0.25) is 0 Å². The van der Waals surface area contributed by atoms with E-state index in [1.165, 1.54) is 12.1 Å². The molecular weight excluding hydrogens is 434 g/mol. The summed E-state index contributed by atoms with van der Waals surface area (Å²) < 4.78 is 13.1. The van der Waals surface area contributed by atoms with Crippen LogP contribution < -0.4 is 5.32 Å². The molecule has 0 aliphatic rings. The zero-order valence-electron chi connectivity index (χ0n) is 16.7. The zero-order valence-corrected chi connectivity index (χ0v) is 18.2. The minimum absolute atomic E-state index is 0.221. The van der Waals surface area contributed by atoms with Gasteiger partial charge in [-0.25, -0.2) is 4.39 Å². The van der Waals surface area contributed by atoms with Gasteiger partial charge in [0.25, 0.3) is 0 Å². The highest BCUT2D eigenvalue weighted by Crippen LogP contribution is 2.23. The molecule has 0 fully saturated rings. The predicted octanol–water partition coefficient (Wildman–Crippen LogP) is 5.77. The number of aromatic nitrogens is 3. The maximum Gasteiger partial charge on any atom is 0.123 e. The monoisotopic (exact) mass is 454 g/mol. The molecule has 158 valence electrons. The molecule has 0 bridgehead atoms. The second kappa shape index (κ2) is 10.1. The third kappa shape index (κ3) is 5.70. The number of hydrogen-bond donors (Lipinski definition) is 1. The van der Waals surface area contributed by atoms with Gasteiger partial charge in [-0.2, -0.15) is 15.0 Å². The van der Waals surface area contributed by atoms with Crippen LogP contribution in [0.4, 0.5) is 4.39 Å². The third-order valence-corrected chi connectivity index (χ3v) is 5.48. The molecule has 0 aliphatic carbocycles. The second-order valence-electron chi connectivity index (χ2n) is 7.18. The Morgan fingerprint density at radius 2 is 1.68 bits per heavy atom. The minimum Gasteiger partial charge on any atom is -0.311 e. The van der Waals surface area contributed by atoms with E-state index in [4.69, 9.17) is 33.4 Å². The molecule has 0 aliphatic heterocycles. The highest BCUT2D eigenvalue weighted by atomic mass is 35.5. The summed E-state index contributed by atoms with van der Waals surface area (Å²) in [5.41, 5.74) is 4.68. The summed E-state index contributed by atoms with van der Waals surface area (Å²) in [6, 6.07) is 22.0. The summed E-state index contributed by atoms with van der Waals surface area (Å²) >= 11 is 12.3. The zero-order chi connectivity index (χ0) is 21.6. The van der Waals surface area contributed by atoms with E-state index in [1.54, 1.807) is 23.0 Å². The first-order valence-corrected chi connectivity index (χ1v) is 10.7. The topological polar surface area (TPSA) is 42.7 Å². The van der Waals surface area contributed by atoms with E-state index in [9.17, 15) is 4.39 Å². The molecule has 1 aromatic heterocycles. The maximum absolute atomic E-state index is 13.1. The van der Waals surface area contributed by atoms with Crippen LogP contribution in [0.2, 0.25) is 10.0 Å². The van der Waals surface area contributed by atoms with Gasteiger partial charge in [-0.3, -0.25) is 0 Å². The minimum atomic E-state index is -0.221. The lowest BCUT2D eigenvalue weighted by Crippen LogP contribution is -2.17. The van der Waals surface area contributed by atoms with Crippen molar-refractivity contribution in [3.8, 4) is 11.3 Å². The number of nitrogens with one attached hydrogen (secondary N) is 1. The quantitative estimate of drug-likeness (QED) is 0.343. The van der Waals surface area contributed by atoms with Crippen LogP contribution in [0.1, 0.15) is 16.8 Å². The summed E-state index contributed by atoms with van der Waals surface area (Å²) in [5, 5.41) is 14.0. The Kier molecular flexibility index (Phi) is 6.97. The van der Waals surface area contributed by atoms with Crippen LogP contribution in [-0.2, 0) is 19.5 Å². The van der Waals surface area contributed by atoms with Crippen LogP contribution in [-0.4, -0.2) is 21.5 Å². The SMILES string of the molecule is Fc1ccc(CCNCc2nn(Cc3ccc(Cl)cc3Cl)nc2-c2ccccc2)cc1. The normalized spacial score (nSPS) is 11.1. The van der Waals surface area contributed by atoms with Crippen LogP contribution in [0.5, 0.6) is 0 Å². The van der Waals surface area contributed by atoms with Crippen molar-refractivity contribution in [2.45, 2.75) is 19.5 Å². The Bertz CT molecular complexity index is 1140. The van der Waals surface area contributed by atoms with Crippen molar-refractivity contribution in [3.05, 3.63) is 105 Å². The van der Waals surface area contributed by atoms with Crippen LogP contribution in [0.3, 0.4) is 0 Å². The summed E-state index contributed by atoms with van der Waals surface area (Å²) in [6.45, 7) is 1.76. The molecule has 0 saturated heterocycles. The average Bonchev–Trinajstić information content (AvgIpc) is 3.18. The van der Waals surface area contributed by atoms with Gasteiger partial charge < -0.3 is 5.32 Å². The first-order chi connectivity index (χ1) is 15.1. The Morgan fingerprint density at radius 1 is 0.903 bits per heavy atom. The lowest BCUT2D eigenvalue weighted by molar-refractivity contribution is 0.577. The molecule has 7 heteroatoms. The van der Waals surface area contributed by atoms with Crippen LogP contribution in [0.25, 0.3) is 11.3 Å². The smallest absolute Gasteiger partial charge is 0.123 e. The average molecular weight is 455 g/mol. The number of halogens is 3. The van der Waals surface area contributed by atoms with Gasteiger partial charge in [0.1, 0.15) is 17.2 Å². The molecule has 0 atom stereocenters. The highest BCUT2D eigenvalue weighted by Gasteiger charge is 2.14. The van der Waals surface area contributed by atoms with Crippen molar-refractivity contribution in [2.24, 2.45) is 0 Å². The fourth-order valence-electron chi connectivity index (χ4n) is 3.29. The molecule has 1 heterocycles. The van der Waals surface area contributed by atoms with Gasteiger partial charge in [0, 0.05) is 22.2 Å². The maximum atomic E-state index is 13.1. The van der Waals surface area contributed by atoms with Gasteiger partial charge in [0.15, 0.2) is 0 Å². The van der Waals surface area contributed by atoms with E-state index in [2.05, 4.69) is 5.32 Å². The van der Waals surface area contributed by atoms with Crippen molar-refractivity contribution in [1.82, 2.24) is 20.3 Å². The fraction of sp³-hybridized carbons (Fsp3) is 0.167. The number of rotatable bonds is 8. The number of hydrogen-bond acceptors (Lipinski definition) is 3. The molecule has 4 aromatic rings. The molecule has 0 amide bonds. The van der Waals surface area contributed by atoms with E-state index in [-0.39, 0.29) is 5.82 Å². The van der Waals surface area contributed by atoms with Crippen molar-refractivity contribution in [2.75, 3.05) is 6.54 Å². The number of nitrogens with zero attached hydrogens (tertiary/aromatic N) is 3. The van der Waals surface area contributed by atoms with E-state index in [0.717, 1.165) is 41.0 Å². The Labute approximate surface area is 190 Å².